The average molecular weight is 696 g/mol. The molecule has 5 amide bonds. The van der Waals surface area contributed by atoms with E-state index in [9.17, 15) is 33.9 Å². The quantitative estimate of drug-likeness (QED) is 0.0427. The lowest BCUT2D eigenvalue weighted by Gasteiger charge is -2.26. The maximum Gasteiger partial charge on any atom is 0.326 e. The van der Waals surface area contributed by atoms with Crippen molar-refractivity contribution in [2.75, 3.05) is 6.54 Å². The average Bonchev–Trinajstić information content (AvgIpc) is 3.05. The summed E-state index contributed by atoms with van der Waals surface area (Å²) in [5.74, 6) is -5.46. The highest BCUT2D eigenvalue weighted by atomic mass is 16.4. The molecular formula is C34H49N9O7. The van der Waals surface area contributed by atoms with Crippen molar-refractivity contribution >= 4 is 41.5 Å². The lowest BCUT2D eigenvalue weighted by atomic mass is 10.0. The van der Waals surface area contributed by atoms with Gasteiger partial charge in [0.1, 0.15) is 24.2 Å². The van der Waals surface area contributed by atoms with E-state index in [1.54, 1.807) is 60.7 Å². The number of hydrogen-bond acceptors (Lipinski definition) is 8. The highest BCUT2D eigenvalue weighted by Crippen LogP contribution is 2.09. The third-order valence-electron chi connectivity index (χ3n) is 7.49. The number of rotatable bonds is 21. The lowest BCUT2D eigenvalue weighted by Crippen LogP contribution is -2.59. The fourth-order valence-electron chi connectivity index (χ4n) is 5.00. The number of carbonyl (C=O) groups is 6. The molecule has 16 heteroatoms. The van der Waals surface area contributed by atoms with E-state index in [0.717, 1.165) is 5.56 Å². The molecular weight excluding hydrogens is 646 g/mol. The van der Waals surface area contributed by atoms with Gasteiger partial charge in [0.2, 0.25) is 29.5 Å². The summed E-state index contributed by atoms with van der Waals surface area (Å²) < 4.78 is 0. The monoisotopic (exact) mass is 695 g/mol. The maximum atomic E-state index is 13.7. The first-order valence-corrected chi connectivity index (χ1v) is 16.3. The fourth-order valence-corrected chi connectivity index (χ4v) is 5.00. The summed E-state index contributed by atoms with van der Waals surface area (Å²) in [4.78, 5) is 81.5. The van der Waals surface area contributed by atoms with Crippen molar-refractivity contribution in [3.8, 4) is 0 Å². The van der Waals surface area contributed by atoms with Crippen molar-refractivity contribution in [3.63, 3.8) is 0 Å². The summed E-state index contributed by atoms with van der Waals surface area (Å²) in [5.41, 5.74) is 23.6. The second-order valence-corrected chi connectivity index (χ2v) is 12.3. The zero-order valence-corrected chi connectivity index (χ0v) is 28.3. The standard InChI is InChI=1S/C34H49N9O7/c1-20(2)16-23(35)29(45)41-25(17-21-10-5-3-6-11-21)31(47)40-24(14-9-15-39-34(37)38)30(46)42-26(19-28(36)44)32(48)43-27(33(49)50)18-22-12-7-4-8-13-22/h3-8,10-13,20,23-27H,9,14-19,35H2,1-2H3,(H2,36,44)(H,40,47)(H,41,45)(H,42,46)(H,43,48)(H,49,50)(H4,37,38,39)/t23-,24-,25-,26-,27-/m0/s1. The molecule has 0 saturated heterocycles. The van der Waals surface area contributed by atoms with Crippen molar-refractivity contribution in [1.82, 2.24) is 21.3 Å². The number of aliphatic carboxylic acids is 1. The van der Waals surface area contributed by atoms with Gasteiger partial charge in [-0.25, -0.2) is 4.79 Å². The number of nitrogens with two attached hydrogens (primary N) is 4. The molecule has 5 atom stereocenters. The molecule has 0 saturated carbocycles. The normalized spacial score (nSPS) is 13.8. The van der Waals surface area contributed by atoms with Crippen LogP contribution in [0.5, 0.6) is 0 Å². The Hall–Kier alpha value is -5.51. The molecule has 0 fully saturated rings. The summed E-state index contributed by atoms with van der Waals surface area (Å²) in [6.07, 6.45) is -0.110. The van der Waals surface area contributed by atoms with Gasteiger partial charge in [0.25, 0.3) is 0 Å². The second kappa shape index (κ2) is 20.8. The molecule has 13 N–H and O–H groups in total. The van der Waals surface area contributed by atoms with Gasteiger partial charge in [0.05, 0.1) is 12.5 Å². The summed E-state index contributed by atoms with van der Waals surface area (Å²) in [7, 11) is 0. The van der Waals surface area contributed by atoms with Gasteiger partial charge in [0, 0.05) is 19.4 Å². The molecule has 2 aromatic carbocycles. The van der Waals surface area contributed by atoms with Crippen LogP contribution in [0.4, 0.5) is 0 Å². The molecule has 0 aliphatic heterocycles. The van der Waals surface area contributed by atoms with Crippen molar-refractivity contribution in [2.45, 2.75) is 82.6 Å². The van der Waals surface area contributed by atoms with Crippen LogP contribution in [0.25, 0.3) is 0 Å². The summed E-state index contributed by atoms with van der Waals surface area (Å²) in [6, 6.07) is 11.1. The molecule has 2 aromatic rings. The van der Waals surface area contributed by atoms with Crippen LogP contribution in [0.3, 0.4) is 0 Å². The largest absolute Gasteiger partial charge is 0.480 e. The Morgan fingerprint density at radius 1 is 0.680 bits per heavy atom. The Labute approximate surface area is 291 Å². The van der Waals surface area contributed by atoms with E-state index in [1.165, 1.54) is 0 Å². The zero-order valence-electron chi connectivity index (χ0n) is 28.3. The van der Waals surface area contributed by atoms with Crippen LogP contribution in [0.1, 0.15) is 50.7 Å². The highest BCUT2D eigenvalue weighted by molar-refractivity contribution is 5.97. The Morgan fingerprint density at radius 2 is 1.14 bits per heavy atom. The van der Waals surface area contributed by atoms with E-state index in [2.05, 4.69) is 26.3 Å². The first kappa shape index (κ1) is 40.7. The number of nitrogens with one attached hydrogen (secondary N) is 4. The molecule has 0 radical (unpaired) electrons. The molecule has 0 unspecified atom stereocenters. The number of hydrogen-bond donors (Lipinski definition) is 9. The van der Waals surface area contributed by atoms with E-state index < -0.39 is 72.1 Å². The maximum absolute atomic E-state index is 13.7. The molecule has 2 rings (SSSR count). The third kappa shape index (κ3) is 15.1. The van der Waals surface area contributed by atoms with E-state index in [4.69, 9.17) is 22.9 Å². The van der Waals surface area contributed by atoms with Gasteiger partial charge < -0.3 is 49.3 Å². The number of benzene rings is 2. The molecule has 0 aliphatic rings. The minimum absolute atomic E-state index is 0.0239. The molecule has 0 heterocycles. The van der Waals surface area contributed by atoms with Crippen molar-refractivity contribution in [2.24, 2.45) is 33.8 Å². The number of nitrogens with zero attached hydrogens (tertiary/aromatic N) is 1. The number of carboxylic acid groups (broad SMARTS) is 1. The minimum atomic E-state index is -1.58. The molecule has 0 spiro atoms. The first-order valence-electron chi connectivity index (χ1n) is 16.3. The number of carboxylic acids is 1. The predicted octanol–water partition coefficient (Wildman–Crippen LogP) is -1.20. The number of carbonyl (C=O) groups excluding carboxylic acids is 5. The van der Waals surface area contributed by atoms with E-state index in [1.807, 2.05) is 13.8 Å². The van der Waals surface area contributed by atoms with Crippen LogP contribution < -0.4 is 44.2 Å². The van der Waals surface area contributed by atoms with Gasteiger partial charge in [-0.2, -0.15) is 0 Å². The number of primary amides is 1. The molecule has 272 valence electrons. The fraction of sp³-hybridized carbons (Fsp3) is 0.441. The van der Waals surface area contributed by atoms with Crippen LogP contribution in [-0.4, -0.2) is 83.3 Å². The second-order valence-electron chi connectivity index (χ2n) is 12.3. The van der Waals surface area contributed by atoms with Gasteiger partial charge in [0.15, 0.2) is 5.96 Å². The van der Waals surface area contributed by atoms with Crippen molar-refractivity contribution in [1.29, 1.82) is 0 Å². The van der Waals surface area contributed by atoms with Gasteiger partial charge in [-0.3, -0.25) is 29.0 Å². The molecule has 0 bridgehead atoms. The molecule has 16 nitrogen and oxygen atoms in total. The Balaban J connectivity index is 2.32. The minimum Gasteiger partial charge on any atom is -0.480 e. The smallest absolute Gasteiger partial charge is 0.326 e. The molecule has 50 heavy (non-hydrogen) atoms. The van der Waals surface area contributed by atoms with E-state index in [0.29, 0.717) is 12.0 Å². The van der Waals surface area contributed by atoms with Crippen LogP contribution in [-0.2, 0) is 41.6 Å². The van der Waals surface area contributed by atoms with Crippen LogP contribution >= 0.6 is 0 Å². The van der Waals surface area contributed by atoms with Crippen molar-refractivity contribution < 1.29 is 33.9 Å². The van der Waals surface area contributed by atoms with E-state index >= 15 is 0 Å². The summed E-state index contributed by atoms with van der Waals surface area (Å²) in [6.45, 7) is 3.91. The van der Waals surface area contributed by atoms with E-state index in [-0.39, 0.29) is 44.1 Å². The van der Waals surface area contributed by atoms with Crippen LogP contribution in [0.15, 0.2) is 65.7 Å². The lowest BCUT2D eigenvalue weighted by molar-refractivity contribution is -0.142. The van der Waals surface area contributed by atoms with Crippen LogP contribution in [0, 0.1) is 5.92 Å². The van der Waals surface area contributed by atoms with Gasteiger partial charge in [-0.1, -0.05) is 74.5 Å². The Morgan fingerprint density at radius 3 is 1.64 bits per heavy atom. The number of aliphatic imine (C=N–C) groups is 1. The summed E-state index contributed by atoms with van der Waals surface area (Å²) in [5, 5.41) is 19.9. The first-order chi connectivity index (χ1) is 23.7. The number of guanidine groups is 1. The summed E-state index contributed by atoms with van der Waals surface area (Å²) >= 11 is 0. The Kier molecular flexibility index (Phi) is 16.9. The zero-order chi connectivity index (χ0) is 37.2. The van der Waals surface area contributed by atoms with Crippen LogP contribution in [0.2, 0.25) is 0 Å². The Bertz CT molecular complexity index is 1470. The third-order valence-corrected chi connectivity index (χ3v) is 7.49. The highest BCUT2D eigenvalue weighted by Gasteiger charge is 2.32. The topological polar surface area (TPSA) is 287 Å². The van der Waals surface area contributed by atoms with Gasteiger partial charge >= 0.3 is 5.97 Å². The SMILES string of the molecule is CC(C)C[C@H](N)C(=O)N[C@@H](Cc1ccccc1)C(=O)N[C@@H](CCCN=C(N)N)C(=O)N[C@@H](CC(N)=O)C(=O)N[C@@H](Cc1ccccc1)C(=O)O. The molecule has 0 aromatic heterocycles. The van der Waals surface area contributed by atoms with Crippen molar-refractivity contribution in [3.05, 3.63) is 71.8 Å². The molecule has 0 aliphatic carbocycles. The number of amides is 5. The van der Waals surface area contributed by atoms with Gasteiger partial charge in [-0.15, -0.1) is 0 Å². The van der Waals surface area contributed by atoms with Gasteiger partial charge in [-0.05, 0) is 36.3 Å². The predicted molar refractivity (Wildman–Crippen MR) is 187 cm³/mol.